The predicted molar refractivity (Wildman–Crippen MR) is 63.7 cm³/mol. The minimum atomic E-state index is -0.318. The minimum absolute atomic E-state index is 0.318. The van der Waals surface area contributed by atoms with E-state index in [0.717, 1.165) is 16.8 Å². The second kappa shape index (κ2) is 3.81. The Morgan fingerprint density at radius 1 is 1.31 bits per heavy atom. The summed E-state index contributed by atoms with van der Waals surface area (Å²) in [7, 11) is 0. The number of anilines is 1. The minimum Gasteiger partial charge on any atom is -0.396 e. The topological polar surface area (TPSA) is 60.9 Å². The van der Waals surface area contributed by atoms with Crippen LogP contribution in [0.4, 0.5) is 5.69 Å². The molecule has 1 heterocycles. The first-order valence-corrected chi connectivity index (χ1v) is 5.00. The molecule has 16 heavy (non-hydrogen) atoms. The summed E-state index contributed by atoms with van der Waals surface area (Å²) in [5, 5.41) is 0. The Morgan fingerprint density at radius 2 is 2.06 bits per heavy atom. The first-order valence-electron chi connectivity index (χ1n) is 5.00. The number of aromatic nitrogens is 2. The lowest BCUT2D eigenvalue weighted by Gasteiger charge is -2.09. The van der Waals surface area contributed by atoms with E-state index in [9.17, 15) is 4.79 Å². The molecule has 2 rings (SSSR count). The van der Waals surface area contributed by atoms with E-state index in [1.165, 1.54) is 10.8 Å². The van der Waals surface area contributed by atoms with E-state index in [2.05, 4.69) is 4.98 Å². The zero-order chi connectivity index (χ0) is 11.7. The smallest absolute Gasteiger partial charge is 0.352 e. The molecule has 0 bridgehead atoms. The van der Waals surface area contributed by atoms with Crippen LogP contribution in [0.5, 0.6) is 0 Å². The van der Waals surface area contributed by atoms with Gasteiger partial charge in [0, 0.05) is 6.20 Å². The van der Waals surface area contributed by atoms with Gasteiger partial charge in [0.15, 0.2) is 0 Å². The molecule has 0 amide bonds. The van der Waals surface area contributed by atoms with Crippen molar-refractivity contribution in [3.63, 3.8) is 0 Å². The molecule has 2 N–H and O–H groups in total. The van der Waals surface area contributed by atoms with E-state index in [1.807, 2.05) is 32.0 Å². The van der Waals surface area contributed by atoms with Crippen molar-refractivity contribution >= 4 is 5.69 Å². The summed E-state index contributed by atoms with van der Waals surface area (Å²) in [4.78, 5) is 15.3. The first kappa shape index (κ1) is 10.4. The lowest BCUT2D eigenvalue weighted by molar-refractivity contribution is 0.909. The van der Waals surface area contributed by atoms with Gasteiger partial charge in [0.05, 0.1) is 17.6 Å². The van der Waals surface area contributed by atoms with Crippen molar-refractivity contribution in [1.29, 1.82) is 0 Å². The van der Waals surface area contributed by atoms with Gasteiger partial charge in [0.25, 0.3) is 0 Å². The van der Waals surface area contributed by atoms with E-state index in [4.69, 9.17) is 5.73 Å². The number of nitrogen functional groups attached to an aromatic ring is 1. The van der Waals surface area contributed by atoms with Crippen molar-refractivity contribution < 1.29 is 0 Å². The van der Waals surface area contributed by atoms with E-state index < -0.39 is 0 Å². The summed E-state index contributed by atoms with van der Waals surface area (Å²) < 4.78 is 1.46. The molecule has 0 atom stereocenters. The highest BCUT2D eigenvalue weighted by Gasteiger charge is 2.04. The standard InChI is InChI=1S/C12H13N3O/c1-8-3-4-11(9(2)5-8)15-7-10(13)6-14-12(15)16/h3-7H,13H2,1-2H3. The number of hydrogen-bond donors (Lipinski definition) is 1. The molecule has 0 aliphatic carbocycles. The molecule has 0 aliphatic heterocycles. The average Bonchev–Trinajstić information content (AvgIpc) is 2.22. The molecule has 0 fully saturated rings. The molecule has 0 saturated carbocycles. The van der Waals surface area contributed by atoms with Gasteiger partial charge in [0.2, 0.25) is 0 Å². The first-order chi connectivity index (χ1) is 7.58. The highest BCUT2D eigenvalue weighted by molar-refractivity contribution is 5.44. The van der Waals surface area contributed by atoms with Gasteiger partial charge in [0.1, 0.15) is 0 Å². The van der Waals surface area contributed by atoms with Gasteiger partial charge in [-0.2, -0.15) is 4.98 Å². The normalized spacial score (nSPS) is 10.4. The lowest BCUT2D eigenvalue weighted by Crippen LogP contribution is -2.21. The van der Waals surface area contributed by atoms with Crippen LogP contribution in [0.2, 0.25) is 0 Å². The molecule has 0 spiro atoms. The monoisotopic (exact) mass is 215 g/mol. The largest absolute Gasteiger partial charge is 0.396 e. The third kappa shape index (κ3) is 1.82. The summed E-state index contributed by atoms with van der Waals surface area (Å²) >= 11 is 0. The van der Waals surface area contributed by atoms with Crippen molar-refractivity contribution in [2.75, 3.05) is 5.73 Å². The summed E-state index contributed by atoms with van der Waals surface area (Å²) in [6.45, 7) is 3.97. The van der Waals surface area contributed by atoms with Crippen LogP contribution in [0.1, 0.15) is 11.1 Å². The number of nitrogens with zero attached hydrogens (tertiary/aromatic N) is 2. The molecule has 0 saturated heterocycles. The van der Waals surface area contributed by atoms with Gasteiger partial charge in [-0.1, -0.05) is 17.7 Å². The summed E-state index contributed by atoms with van der Waals surface area (Å²) in [6, 6.07) is 5.87. The Labute approximate surface area is 93.4 Å². The highest BCUT2D eigenvalue weighted by atomic mass is 16.1. The summed E-state index contributed by atoms with van der Waals surface area (Å²) in [6.07, 6.45) is 2.95. The number of rotatable bonds is 1. The van der Waals surface area contributed by atoms with Crippen molar-refractivity contribution in [2.45, 2.75) is 13.8 Å². The molecule has 1 aromatic heterocycles. The highest BCUT2D eigenvalue weighted by Crippen LogP contribution is 2.14. The molecule has 82 valence electrons. The quantitative estimate of drug-likeness (QED) is 0.782. The summed E-state index contributed by atoms with van der Waals surface area (Å²) in [5.74, 6) is 0. The Hall–Kier alpha value is -2.10. The SMILES string of the molecule is Cc1ccc(-n2cc(N)cnc2=O)c(C)c1. The van der Waals surface area contributed by atoms with Crippen LogP contribution in [0, 0.1) is 13.8 Å². The Bertz CT molecular complexity index is 587. The van der Waals surface area contributed by atoms with Crippen LogP contribution in [-0.4, -0.2) is 9.55 Å². The third-order valence-corrected chi connectivity index (χ3v) is 2.42. The third-order valence-electron chi connectivity index (χ3n) is 2.42. The van der Waals surface area contributed by atoms with Gasteiger partial charge >= 0.3 is 5.69 Å². The van der Waals surface area contributed by atoms with Gasteiger partial charge < -0.3 is 5.73 Å². The van der Waals surface area contributed by atoms with E-state index in [-0.39, 0.29) is 5.69 Å². The molecule has 1 aromatic carbocycles. The van der Waals surface area contributed by atoms with Crippen LogP contribution < -0.4 is 11.4 Å². The van der Waals surface area contributed by atoms with Crippen LogP contribution in [-0.2, 0) is 0 Å². The van der Waals surface area contributed by atoms with Crippen LogP contribution in [0.3, 0.4) is 0 Å². The summed E-state index contributed by atoms with van der Waals surface area (Å²) in [5.41, 5.74) is 8.77. The molecular formula is C12H13N3O. The maximum Gasteiger partial charge on any atom is 0.352 e. The second-order valence-electron chi connectivity index (χ2n) is 3.83. The molecule has 0 radical (unpaired) electrons. The van der Waals surface area contributed by atoms with Crippen molar-refractivity contribution in [3.8, 4) is 5.69 Å². The Balaban J connectivity index is 2.67. The van der Waals surface area contributed by atoms with Gasteiger partial charge in [-0.05, 0) is 25.5 Å². The number of aryl methyl sites for hydroxylation is 2. The van der Waals surface area contributed by atoms with Crippen LogP contribution in [0.15, 0.2) is 35.4 Å². The van der Waals surface area contributed by atoms with Gasteiger partial charge in [-0.15, -0.1) is 0 Å². The van der Waals surface area contributed by atoms with Crippen molar-refractivity contribution in [1.82, 2.24) is 9.55 Å². The fourth-order valence-electron chi connectivity index (χ4n) is 1.68. The van der Waals surface area contributed by atoms with Crippen molar-refractivity contribution in [3.05, 3.63) is 52.2 Å². The number of benzene rings is 1. The van der Waals surface area contributed by atoms with Gasteiger partial charge in [-0.3, -0.25) is 4.57 Å². The van der Waals surface area contributed by atoms with E-state index in [0.29, 0.717) is 5.69 Å². The van der Waals surface area contributed by atoms with Crippen LogP contribution in [0.25, 0.3) is 5.69 Å². The number of nitrogens with two attached hydrogens (primary N) is 1. The zero-order valence-electron chi connectivity index (χ0n) is 9.27. The molecule has 0 aliphatic rings. The fourth-order valence-corrected chi connectivity index (χ4v) is 1.68. The Kier molecular flexibility index (Phi) is 2.48. The lowest BCUT2D eigenvalue weighted by atomic mass is 10.1. The zero-order valence-corrected chi connectivity index (χ0v) is 9.27. The maximum atomic E-state index is 11.6. The predicted octanol–water partition coefficient (Wildman–Crippen LogP) is 1.43. The average molecular weight is 215 g/mol. The van der Waals surface area contributed by atoms with Crippen LogP contribution >= 0.6 is 0 Å². The molecule has 0 unspecified atom stereocenters. The van der Waals surface area contributed by atoms with Crippen molar-refractivity contribution in [2.24, 2.45) is 0 Å². The number of hydrogen-bond acceptors (Lipinski definition) is 3. The molecule has 4 nitrogen and oxygen atoms in total. The molecular weight excluding hydrogens is 202 g/mol. The Morgan fingerprint density at radius 3 is 2.75 bits per heavy atom. The fraction of sp³-hybridized carbons (Fsp3) is 0.167. The maximum absolute atomic E-state index is 11.6. The van der Waals surface area contributed by atoms with E-state index in [1.54, 1.807) is 6.20 Å². The van der Waals surface area contributed by atoms with Gasteiger partial charge in [-0.25, -0.2) is 4.79 Å². The second-order valence-corrected chi connectivity index (χ2v) is 3.83. The molecule has 2 aromatic rings. The van der Waals surface area contributed by atoms with E-state index >= 15 is 0 Å². The molecule has 4 heteroatoms.